The second-order valence-corrected chi connectivity index (χ2v) is 8.04. The van der Waals surface area contributed by atoms with E-state index >= 15 is 0 Å². The van der Waals surface area contributed by atoms with Gasteiger partial charge in [0.1, 0.15) is 0 Å². The Morgan fingerprint density at radius 3 is 2.30 bits per heavy atom. The van der Waals surface area contributed by atoms with Gasteiger partial charge in [0.2, 0.25) is 0 Å². The van der Waals surface area contributed by atoms with Crippen LogP contribution < -0.4 is 5.32 Å². The number of hydrogen-bond acceptors (Lipinski definition) is 6. The van der Waals surface area contributed by atoms with E-state index in [0.29, 0.717) is 26.4 Å². The molecule has 130 valence electrons. The molecule has 1 aliphatic rings. The minimum atomic E-state index is -0.965. The molecule has 1 fully saturated rings. The number of carbonyl (C=O) groups is 4. The number of nitrogens with one attached hydrogen (secondary N) is 1. The third-order valence-corrected chi connectivity index (χ3v) is 4.12. The van der Waals surface area contributed by atoms with Gasteiger partial charge >= 0.3 is 141 Å². The molecule has 1 unspecified atom stereocenters. The van der Waals surface area contributed by atoms with Gasteiger partial charge in [-0.1, -0.05) is 0 Å². The first-order chi connectivity index (χ1) is 10.6. The van der Waals surface area contributed by atoms with Crippen LogP contribution in [0, 0.1) is 0 Å². The van der Waals surface area contributed by atoms with E-state index in [-0.39, 0.29) is 12.8 Å². The van der Waals surface area contributed by atoms with Gasteiger partial charge in [0.05, 0.1) is 0 Å². The second-order valence-electron chi connectivity index (χ2n) is 5.97. The molecule has 0 aromatic carbocycles. The van der Waals surface area contributed by atoms with Gasteiger partial charge in [-0.15, -0.1) is 0 Å². The summed E-state index contributed by atoms with van der Waals surface area (Å²) >= 11 is 0.299. The maximum absolute atomic E-state index is 12.2. The standard InChI is InChI=1S/C14H22N2O6Se/c1-14(2,3)21-13(20)15-9(7-8-23-4)12(19)22-16-10(17)5-6-11(16)18/h9H,5-8H2,1-4H3,(H,15,20). The average Bonchev–Trinajstić information content (AvgIpc) is 2.73. The van der Waals surface area contributed by atoms with Crippen LogP contribution in [0.4, 0.5) is 4.79 Å². The zero-order valence-corrected chi connectivity index (χ0v) is 15.4. The van der Waals surface area contributed by atoms with Gasteiger partial charge in [-0.25, -0.2) is 0 Å². The Kier molecular flexibility index (Phi) is 7.02. The monoisotopic (exact) mass is 394 g/mol. The van der Waals surface area contributed by atoms with Crippen molar-refractivity contribution >= 4 is 38.8 Å². The molecular weight excluding hydrogens is 371 g/mol. The van der Waals surface area contributed by atoms with Gasteiger partial charge in [0, 0.05) is 0 Å². The molecule has 1 atom stereocenters. The summed E-state index contributed by atoms with van der Waals surface area (Å²) in [6.07, 6.45) is -0.352. The van der Waals surface area contributed by atoms with Crippen molar-refractivity contribution in [1.29, 1.82) is 0 Å². The molecule has 1 heterocycles. The van der Waals surface area contributed by atoms with Crippen LogP contribution in [0.25, 0.3) is 0 Å². The average molecular weight is 393 g/mol. The quantitative estimate of drug-likeness (QED) is 0.535. The molecular formula is C14H22N2O6Se. The number of imide groups is 1. The van der Waals surface area contributed by atoms with E-state index in [1.165, 1.54) is 0 Å². The Morgan fingerprint density at radius 2 is 1.83 bits per heavy atom. The maximum atomic E-state index is 12.2. The fourth-order valence-corrected chi connectivity index (χ4v) is 2.73. The van der Waals surface area contributed by atoms with Crippen LogP contribution in [0.5, 0.6) is 0 Å². The van der Waals surface area contributed by atoms with Crippen LogP contribution in [0.15, 0.2) is 0 Å². The topological polar surface area (TPSA) is 102 Å². The van der Waals surface area contributed by atoms with Crippen molar-refractivity contribution in [3.63, 3.8) is 0 Å². The van der Waals surface area contributed by atoms with Crippen molar-refractivity contribution < 1.29 is 28.8 Å². The molecule has 9 heteroatoms. The molecule has 0 aromatic heterocycles. The molecule has 0 aliphatic carbocycles. The van der Waals surface area contributed by atoms with Crippen LogP contribution in [-0.2, 0) is 24.0 Å². The molecule has 0 saturated carbocycles. The molecule has 23 heavy (non-hydrogen) atoms. The normalized spacial score (nSPS) is 16.3. The molecule has 0 aromatic rings. The molecule has 0 spiro atoms. The summed E-state index contributed by atoms with van der Waals surface area (Å²) in [5, 5.41) is 3.64. The Bertz CT molecular complexity index is 472. The number of ether oxygens (including phenoxy) is 1. The molecule has 1 aliphatic heterocycles. The first-order valence-corrected chi connectivity index (χ1v) is 10.1. The minimum absolute atomic E-state index is 0.0222. The summed E-state index contributed by atoms with van der Waals surface area (Å²) in [7, 11) is 0. The van der Waals surface area contributed by atoms with E-state index in [2.05, 4.69) is 5.32 Å². The van der Waals surface area contributed by atoms with Crippen LogP contribution in [-0.4, -0.2) is 55.5 Å². The van der Waals surface area contributed by atoms with E-state index in [0.717, 1.165) is 5.32 Å². The fourth-order valence-electron chi connectivity index (χ4n) is 1.75. The second kappa shape index (κ2) is 8.31. The Balaban J connectivity index is 2.68. The van der Waals surface area contributed by atoms with Gasteiger partial charge in [0.15, 0.2) is 0 Å². The molecule has 1 saturated heterocycles. The predicted octanol–water partition coefficient (Wildman–Crippen LogP) is 1.05. The molecule has 8 nitrogen and oxygen atoms in total. The summed E-state index contributed by atoms with van der Waals surface area (Å²) in [6, 6.07) is -0.965. The molecule has 1 N–H and O–H groups in total. The van der Waals surface area contributed by atoms with E-state index in [1.54, 1.807) is 20.8 Å². The van der Waals surface area contributed by atoms with Crippen molar-refractivity contribution in [3.05, 3.63) is 0 Å². The summed E-state index contributed by atoms with van der Waals surface area (Å²) in [4.78, 5) is 51.8. The molecule has 0 bridgehead atoms. The van der Waals surface area contributed by atoms with Crippen molar-refractivity contribution in [3.8, 4) is 0 Å². The molecule has 0 radical (unpaired) electrons. The molecule has 1 rings (SSSR count). The number of carbonyl (C=O) groups excluding carboxylic acids is 4. The first kappa shape index (κ1) is 19.4. The third kappa shape index (κ3) is 6.58. The summed E-state index contributed by atoms with van der Waals surface area (Å²) < 4.78 is 5.11. The first-order valence-electron chi connectivity index (χ1n) is 7.20. The number of rotatable bonds is 6. The fraction of sp³-hybridized carbons (Fsp3) is 0.714. The summed E-state index contributed by atoms with van der Waals surface area (Å²) in [5.74, 6) is 0.0398. The van der Waals surface area contributed by atoms with Crippen LogP contribution in [0.3, 0.4) is 0 Å². The summed E-state index contributed by atoms with van der Waals surface area (Å²) in [6.45, 7) is 5.11. The zero-order chi connectivity index (χ0) is 17.6. The van der Waals surface area contributed by atoms with E-state index < -0.39 is 35.5 Å². The van der Waals surface area contributed by atoms with Crippen molar-refractivity contribution in [2.75, 3.05) is 0 Å². The Morgan fingerprint density at radius 1 is 1.26 bits per heavy atom. The van der Waals surface area contributed by atoms with Gasteiger partial charge in [-0.05, 0) is 0 Å². The number of hydroxylamine groups is 2. The van der Waals surface area contributed by atoms with Crippen LogP contribution >= 0.6 is 0 Å². The van der Waals surface area contributed by atoms with E-state index in [4.69, 9.17) is 9.57 Å². The predicted molar refractivity (Wildman–Crippen MR) is 81.4 cm³/mol. The van der Waals surface area contributed by atoms with Gasteiger partial charge in [0.25, 0.3) is 0 Å². The van der Waals surface area contributed by atoms with Gasteiger partial charge in [-0.2, -0.15) is 0 Å². The van der Waals surface area contributed by atoms with Gasteiger partial charge in [-0.3, -0.25) is 0 Å². The number of nitrogens with zero attached hydrogens (tertiary/aromatic N) is 1. The van der Waals surface area contributed by atoms with Crippen LogP contribution in [0.1, 0.15) is 40.0 Å². The summed E-state index contributed by atoms with van der Waals surface area (Å²) in [5.41, 5.74) is -0.700. The van der Waals surface area contributed by atoms with E-state index in [9.17, 15) is 19.2 Å². The van der Waals surface area contributed by atoms with Crippen molar-refractivity contribution in [2.24, 2.45) is 0 Å². The van der Waals surface area contributed by atoms with E-state index in [1.807, 2.05) is 5.82 Å². The van der Waals surface area contributed by atoms with Gasteiger partial charge < -0.3 is 0 Å². The van der Waals surface area contributed by atoms with Crippen molar-refractivity contribution in [2.45, 2.75) is 62.8 Å². The number of alkyl carbamates (subject to hydrolysis) is 1. The SMILES string of the molecule is C[Se]CCC(NC(=O)OC(C)(C)C)C(=O)ON1C(=O)CCC1=O. The molecule has 3 amide bonds. The van der Waals surface area contributed by atoms with Crippen LogP contribution in [0.2, 0.25) is 11.1 Å². The zero-order valence-electron chi connectivity index (χ0n) is 13.7. The Hall–Kier alpha value is -1.60. The Labute approximate surface area is 141 Å². The van der Waals surface area contributed by atoms with Crippen molar-refractivity contribution in [1.82, 2.24) is 10.4 Å². The third-order valence-electron chi connectivity index (χ3n) is 2.77. The number of amides is 3. The number of hydrogen-bond donors (Lipinski definition) is 1.